The second-order valence-corrected chi connectivity index (χ2v) is 6.97. The lowest BCUT2D eigenvalue weighted by Crippen LogP contribution is -2.41. The van der Waals surface area contributed by atoms with Crippen LogP contribution in [-0.2, 0) is 0 Å². The quantitative estimate of drug-likeness (QED) is 0.923. The van der Waals surface area contributed by atoms with Gasteiger partial charge in [0.15, 0.2) is 0 Å². The van der Waals surface area contributed by atoms with E-state index in [1.54, 1.807) is 0 Å². The molecule has 0 aromatic carbocycles. The normalized spacial score (nSPS) is 30.6. The fourth-order valence-electron chi connectivity index (χ4n) is 3.60. The number of aromatic nitrogens is 1. The summed E-state index contributed by atoms with van der Waals surface area (Å²) in [5.74, 6) is 1.78. The molecule has 0 amide bonds. The summed E-state index contributed by atoms with van der Waals surface area (Å²) in [7, 11) is 2.30. The summed E-state index contributed by atoms with van der Waals surface area (Å²) in [5.41, 5.74) is 1.19. The summed E-state index contributed by atoms with van der Waals surface area (Å²) in [5, 5.41) is 3.52. The summed E-state index contributed by atoms with van der Waals surface area (Å²) in [6, 6.07) is 3.76. The van der Waals surface area contributed by atoms with Crippen molar-refractivity contribution in [3.8, 4) is 0 Å². The molecule has 2 unspecified atom stereocenters. The number of hydrogen-bond acceptors (Lipinski definition) is 3. The maximum Gasteiger partial charge on any atom is 0.140 e. The molecule has 0 aliphatic carbocycles. The molecule has 0 saturated carbocycles. The van der Waals surface area contributed by atoms with Crippen LogP contribution in [0.2, 0.25) is 0 Å². The average molecular weight is 324 g/mol. The van der Waals surface area contributed by atoms with Crippen molar-refractivity contribution < 1.29 is 0 Å². The van der Waals surface area contributed by atoms with Gasteiger partial charge in [-0.25, -0.2) is 4.98 Å². The highest BCUT2D eigenvalue weighted by Crippen LogP contribution is 2.37. The molecule has 0 spiro atoms. The number of hydrogen-bond donors (Lipinski definition) is 1. The van der Waals surface area contributed by atoms with E-state index in [4.69, 9.17) is 0 Å². The first kappa shape index (κ1) is 13.4. The highest BCUT2D eigenvalue weighted by atomic mass is 79.9. The number of nitrogens with one attached hydrogen (secondary N) is 1. The van der Waals surface area contributed by atoms with Crippen LogP contribution in [0, 0.1) is 12.8 Å². The van der Waals surface area contributed by atoms with Crippen LogP contribution in [0.25, 0.3) is 0 Å². The van der Waals surface area contributed by atoms with Gasteiger partial charge < -0.3 is 10.2 Å². The molecule has 1 aromatic rings. The molecule has 2 bridgehead atoms. The zero-order valence-corrected chi connectivity index (χ0v) is 13.3. The Labute approximate surface area is 123 Å². The monoisotopic (exact) mass is 323 g/mol. The lowest BCUT2D eigenvalue weighted by atomic mass is 9.91. The molecular weight excluding hydrogens is 302 g/mol. The van der Waals surface area contributed by atoms with Gasteiger partial charge in [0.2, 0.25) is 0 Å². The molecule has 2 aliphatic rings. The number of aryl methyl sites for hydroxylation is 1. The zero-order valence-electron chi connectivity index (χ0n) is 11.7. The lowest BCUT2D eigenvalue weighted by molar-refractivity contribution is 0.139. The molecule has 3 rings (SSSR count). The van der Waals surface area contributed by atoms with Gasteiger partial charge in [0, 0.05) is 24.8 Å². The Morgan fingerprint density at radius 3 is 2.68 bits per heavy atom. The van der Waals surface area contributed by atoms with Crippen LogP contribution in [0.5, 0.6) is 0 Å². The van der Waals surface area contributed by atoms with E-state index in [9.17, 15) is 0 Å². The number of piperidine rings is 1. The Kier molecular flexibility index (Phi) is 3.81. The second kappa shape index (κ2) is 5.41. The fourth-order valence-corrected chi connectivity index (χ4v) is 4.20. The van der Waals surface area contributed by atoms with Crippen LogP contribution in [0.3, 0.4) is 0 Å². The third-order valence-electron chi connectivity index (χ3n) is 4.73. The van der Waals surface area contributed by atoms with E-state index >= 15 is 0 Å². The smallest absolute Gasteiger partial charge is 0.140 e. The topological polar surface area (TPSA) is 28.2 Å². The maximum atomic E-state index is 4.46. The van der Waals surface area contributed by atoms with Gasteiger partial charge in [-0.15, -0.1) is 0 Å². The van der Waals surface area contributed by atoms with Gasteiger partial charge in [-0.2, -0.15) is 0 Å². The van der Waals surface area contributed by atoms with Gasteiger partial charge in [0.1, 0.15) is 5.82 Å². The van der Waals surface area contributed by atoms with Crippen molar-refractivity contribution >= 4 is 21.7 Å². The largest absolute Gasteiger partial charge is 0.369 e. The lowest BCUT2D eigenvalue weighted by Gasteiger charge is -2.36. The SMILES string of the molecule is Cc1cnc(NCC2CC3CCC(C2)N3C)c(Br)c1. The number of halogens is 1. The van der Waals surface area contributed by atoms with Gasteiger partial charge in [0.25, 0.3) is 0 Å². The molecule has 2 fully saturated rings. The minimum absolute atomic E-state index is 0.795. The first-order chi connectivity index (χ1) is 9.13. The van der Waals surface area contributed by atoms with Crippen molar-refractivity contribution in [2.24, 2.45) is 5.92 Å². The van der Waals surface area contributed by atoms with E-state index in [0.29, 0.717) is 0 Å². The predicted octanol–water partition coefficient (Wildman–Crippen LogP) is 3.44. The van der Waals surface area contributed by atoms with Crippen molar-refractivity contribution in [2.75, 3.05) is 18.9 Å². The molecule has 2 atom stereocenters. The van der Waals surface area contributed by atoms with Crippen molar-refractivity contribution in [2.45, 2.75) is 44.7 Å². The first-order valence-electron chi connectivity index (χ1n) is 7.21. The van der Waals surface area contributed by atoms with Gasteiger partial charge in [0.05, 0.1) is 4.47 Å². The minimum atomic E-state index is 0.795. The summed E-state index contributed by atoms with van der Waals surface area (Å²) < 4.78 is 1.07. The van der Waals surface area contributed by atoms with Crippen molar-refractivity contribution in [3.05, 3.63) is 22.3 Å². The Balaban J connectivity index is 1.58. The molecular formula is C15H22BrN3. The molecule has 3 heterocycles. The van der Waals surface area contributed by atoms with Crippen LogP contribution < -0.4 is 5.32 Å². The Hall–Kier alpha value is -0.610. The van der Waals surface area contributed by atoms with E-state index in [-0.39, 0.29) is 0 Å². The van der Waals surface area contributed by atoms with E-state index in [1.165, 1.54) is 31.2 Å². The minimum Gasteiger partial charge on any atom is -0.369 e. The van der Waals surface area contributed by atoms with Crippen molar-refractivity contribution in [1.29, 1.82) is 0 Å². The van der Waals surface area contributed by atoms with Gasteiger partial charge in [-0.1, -0.05) is 0 Å². The van der Waals surface area contributed by atoms with E-state index in [0.717, 1.165) is 34.8 Å². The number of pyridine rings is 1. The molecule has 0 radical (unpaired) electrons. The number of rotatable bonds is 3. The molecule has 1 N–H and O–H groups in total. The predicted molar refractivity (Wildman–Crippen MR) is 82.5 cm³/mol. The highest BCUT2D eigenvalue weighted by Gasteiger charge is 2.38. The van der Waals surface area contributed by atoms with Crippen LogP contribution in [0.15, 0.2) is 16.7 Å². The van der Waals surface area contributed by atoms with Crippen LogP contribution in [0.1, 0.15) is 31.2 Å². The van der Waals surface area contributed by atoms with E-state index in [1.807, 2.05) is 6.20 Å². The molecule has 19 heavy (non-hydrogen) atoms. The highest BCUT2D eigenvalue weighted by molar-refractivity contribution is 9.10. The third-order valence-corrected chi connectivity index (χ3v) is 5.34. The van der Waals surface area contributed by atoms with E-state index in [2.05, 4.69) is 51.2 Å². The van der Waals surface area contributed by atoms with Crippen LogP contribution in [0.4, 0.5) is 5.82 Å². The van der Waals surface area contributed by atoms with Crippen molar-refractivity contribution in [3.63, 3.8) is 0 Å². The molecule has 3 nitrogen and oxygen atoms in total. The second-order valence-electron chi connectivity index (χ2n) is 6.11. The van der Waals surface area contributed by atoms with Gasteiger partial charge in [-0.05, 0) is 73.1 Å². The standard InChI is InChI=1S/C15H22BrN3/c1-10-5-14(16)15(17-8-10)18-9-11-6-12-3-4-13(7-11)19(12)2/h5,8,11-13H,3-4,6-7,9H2,1-2H3,(H,17,18). The Morgan fingerprint density at radius 2 is 2.05 bits per heavy atom. The molecule has 104 valence electrons. The number of fused-ring (bicyclic) bond motifs is 2. The maximum absolute atomic E-state index is 4.46. The van der Waals surface area contributed by atoms with Crippen LogP contribution in [-0.4, -0.2) is 35.6 Å². The van der Waals surface area contributed by atoms with Gasteiger partial charge in [-0.3, -0.25) is 0 Å². The Morgan fingerprint density at radius 1 is 1.37 bits per heavy atom. The van der Waals surface area contributed by atoms with Gasteiger partial charge >= 0.3 is 0 Å². The zero-order chi connectivity index (χ0) is 13.4. The number of nitrogens with zero attached hydrogens (tertiary/aromatic N) is 2. The summed E-state index contributed by atoms with van der Waals surface area (Å²) in [6.07, 6.45) is 7.38. The number of anilines is 1. The average Bonchev–Trinajstić information content (AvgIpc) is 2.62. The summed E-state index contributed by atoms with van der Waals surface area (Å²) in [4.78, 5) is 7.06. The first-order valence-corrected chi connectivity index (χ1v) is 8.00. The van der Waals surface area contributed by atoms with E-state index < -0.39 is 0 Å². The molecule has 2 aliphatic heterocycles. The molecule has 1 aromatic heterocycles. The summed E-state index contributed by atoms with van der Waals surface area (Å²) in [6.45, 7) is 3.12. The summed E-state index contributed by atoms with van der Waals surface area (Å²) >= 11 is 3.58. The van der Waals surface area contributed by atoms with Crippen LogP contribution >= 0.6 is 15.9 Å². The Bertz CT molecular complexity index is 449. The molecule has 2 saturated heterocycles. The molecule has 4 heteroatoms. The fraction of sp³-hybridized carbons (Fsp3) is 0.667. The van der Waals surface area contributed by atoms with Crippen molar-refractivity contribution in [1.82, 2.24) is 9.88 Å². The third kappa shape index (κ3) is 2.79.